The van der Waals surface area contributed by atoms with Crippen LogP contribution in [-0.2, 0) is 16.0 Å². The number of aryl methyl sites for hydroxylation is 1. The molecule has 0 saturated carbocycles. The predicted molar refractivity (Wildman–Crippen MR) is 125 cm³/mol. The number of benzene rings is 1. The number of carbonyl (C=O) groups is 2. The van der Waals surface area contributed by atoms with Crippen molar-refractivity contribution in [2.45, 2.75) is 59.5 Å². The first-order chi connectivity index (χ1) is 14.8. The van der Waals surface area contributed by atoms with E-state index in [1.165, 1.54) is 10.4 Å². The lowest BCUT2D eigenvalue weighted by atomic mass is 10.00. The van der Waals surface area contributed by atoms with Crippen molar-refractivity contribution in [3.8, 4) is 5.75 Å². The standard InChI is InChI=1S/C25H34N2O3S/c1-6-19(5)27(25(29)17(2)3)15-24(28)26-13-11-23-20(12-14-31-23)21(26)16-30-22-10-8-7-9-18(22)4/h7-10,12,14,17,19,21H,6,11,13,15-16H2,1-5H3/t19-,21-/m1/s1. The molecule has 1 aromatic carbocycles. The van der Waals surface area contributed by atoms with Crippen LogP contribution in [-0.4, -0.2) is 47.4 Å². The molecule has 168 valence electrons. The molecule has 0 radical (unpaired) electrons. The van der Waals surface area contributed by atoms with Gasteiger partial charge in [0.25, 0.3) is 0 Å². The third kappa shape index (κ3) is 5.29. The number of ether oxygens (including phenoxy) is 1. The fraction of sp³-hybridized carbons (Fsp3) is 0.520. The molecule has 0 aliphatic carbocycles. The van der Waals surface area contributed by atoms with Gasteiger partial charge < -0.3 is 14.5 Å². The summed E-state index contributed by atoms with van der Waals surface area (Å²) in [5.41, 5.74) is 2.25. The minimum absolute atomic E-state index is 0.00969. The Morgan fingerprint density at radius 3 is 2.65 bits per heavy atom. The number of hydrogen-bond acceptors (Lipinski definition) is 4. The number of amides is 2. The molecule has 1 aliphatic rings. The van der Waals surface area contributed by atoms with Crippen molar-refractivity contribution in [3.05, 3.63) is 51.7 Å². The average molecular weight is 443 g/mol. The smallest absolute Gasteiger partial charge is 0.242 e. The van der Waals surface area contributed by atoms with Crippen LogP contribution in [0.4, 0.5) is 0 Å². The molecule has 0 unspecified atom stereocenters. The summed E-state index contributed by atoms with van der Waals surface area (Å²) in [6.45, 7) is 11.0. The first-order valence-electron chi connectivity index (χ1n) is 11.2. The van der Waals surface area contributed by atoms with Crippen LogP contribution in [0, 0.1) is 12.8 Å². The summed E-state index contributed by atoms with van der Waals surface area (Å²) in [6.07, 6.45) is 1.67. The van der Waals surface area contributed by atoms with Crippen molar-refractivity contribution < 1.29 is 14.3 Å². The summed E-state index contributed by atoms with van der Waals surface area (Å²) >= 11 is 1.74. The zero-order chi connectivity index (χ0) is 22.5. The number of hydrogen-bond donors (Lipinski definition) is 0. The Labute approximate surface area is 190 Å². The van der Waals surface area contributed by atoms with Crippen LogP contribution in [0.3, 0.4) is 0 Å². The molecule has 1 aromatic heterocycles. The third-order valence-corrected chi connectivity index (χ3v) is 7.11. The molecular formula is C25H34N2O3S. The Morgan fingerprint density at radius 2 is 1.97 bits per heavy atom. The maximum absolute atomic E-state index is 13.5. The second-order valence-electron chi connectivity index (χ2n) is 8.61. The van der Waals surface area contributed by atoms with E-state index >= 15 is 0 Å². The molecule has 3 rings (SSSR count). The molecule has 2 heterocycles. The van der Waals surface area contributed by atoms with Gasteiger partial charge in [-0.1, -0.05) is 39.0 Å². The van der Waals surface area contributed by atoms with E-state index in [0.717, 1.165) is 24.2 Å². The highest BCUT2D eigenvalue weighted by Crippen LogP contribution is 2.34. The highest BCUT2D eigenvalue weighted by molar-refractivity contribution is 7.10. The van der Waals surface area contributed by atoms with Gasteiger partial charge in [-0.3, -0.25) is 9.59 Å². The number of rotatable bonds is 8. The molecule has 2 amide bonds. The van der Waals surface area contributed by atoms with Gasteiger partial charge in [0.15, 0.2) is 0 Å². The van der Waals surface area contributed by atoms with Gasteiger partial charge in [-0.25, -0.2) is 0 Å². The van der Waals surface area contributed by atoms with E-state index in [0.29, 0.717) is 13.2 Å². The minimum Gasteiger partial charge on any atom is -0.491 e. The topological polar surface area (TPSA) is 49.9 Å². The van der Waals surface area contributed by atoms with Crippen LogP contribution in [0.25, 0.3) is 0 Å². The zero-order valence-electron chi connectivity index (χ0n) is 19.3. The Kier molecular flexibility index (Phi) is 7.76. The third-order valence-electron chi connectivity index (χ3n) is 6.11. The monoisotopic (exact) mass is 442 g/mol. The van der Waals surface area contributed by atoms with Crippen LogP contribution in [0.2, 0.25) is 0 Å². The molecule has 5 nitrogen and oxygen atoms in total. The summed E-state index contributed by atoms with van der Waals surface area (Å²) in [5.74, 6) is 0.730. The summed E-state index contributed by atoms with van der Waals surface area (Å²) < 4.78 is 6.17. The Hall–Kier alpha value is -2.34. The summed E-state index contributed by atoms with van der Waals surface area (Å²) in [7, 11) is 0. The molecule has 1 aliphatic heterocycles. The Balaban J connectivity index is 1.81. The number of fused-ring (bicyclic) bond motifs is 1. The lowest BCUT2D eigenvalue weighted by Crippen LogP contribution is -2.50. The molecule has 2 aromatic rings. The molecule has 0 fully saturated rings. The predicted octanol–water partition coefficient (Wildman–Crippen LogP) is 4.84. The highest BCUT2D eigenvalue weighted by atomic mass is 32.1. The van der Waals surface area contributed by atoms with Gasteiger partial charge in [-0.15, -0.1) is 11.3 Å². The molecule has 0 bridgehead atoms. The van der Waals surface area contributed by atoms with Crippen LogP contribution in [0.15, 0.2) is 35.7 Å². The highest BCUT2D eigenvalue weighted by Gasteiger charge is 2.34. The normalized spacial score (nSPS) is 16.7. The van der Waals surface area contributed by atoms with Crippen molar-refractivity contribution >= 4 is 23.2 Å². The van der Waals surface area contributed by atoms with Crippen molar-refractivity contribution in [2.24, 2.45) is 5.92 Å². The van der Waals surface area contributed by atoms with Gasteiger partial charge in [0.05, 0.1) is 6.04 Å². The van der Waals surface area contributed by atoms with E-state index in [-0.39, 0.29) is 36.4 Å². The van der Waals surface area contributed by atoms with E-state index in [2.05, 4.69) is 11.4 Å². The van der Waals surface area contributed by atoms with Crippen LogP contribution < -0.4 is 4.74 Å². The van der Waals surface area contributed by atoms with E-state index < -0.39 is 0 Å². The van der Waals surface area contributed by atoms with Gasteiger partial charge in [0.1, 0.15) is 18.9 Å². The summed E-state index contributed by atoms with van der Waals surface area (Å²) in [6, 6.07) is 9.93. The second-order valence-corrected chi connectivity index (χ2v) is 9.61. The zero-order valence-corrected chi connectivity index (χ0v) is 20.1. The second kappa shape index (κ2) is 10.3. The van der Waals surface area contributed by atoms with Gasteiger partial charge in [-0.05, 0) is 55.3 Å². The van der Waals surface area contributed by atoms with Crippen LogP contribution in [0.5, 0.6) is 5.75 Å². The van der Waals surface area contributed by atoms with Crippen molar-refractivity contribution in [2.75, 3.05) is 19.7 Å². The van der Waals surface area contributed by atoms with E-state index in [4.69, 9.17) is 4.74 Å². The fourth-order valence-electron chi connectivity index (χ4n) is 4.00. The Morgan fingerprint density at radius 1 is 1.23 bits per heavy atom. The van der Waals surface area contributed by atoms with E-state index in [1.807, 2.05) is 63.8 Å². The lowest BCUT2D eigenvalue weighted by Gasteiger charge is -2.38. The van der Waals surface area contributed by atoms with E-state index in [9.17, 15) is 9.59 Å². The Bertz CT molecular complexity index is 908. The maximum Gasteiger partial charge on any atom is 0.242 e. The molecule has 31 heavy (non-hydrogen) atoms. The lowest BCUT2D eigenvalue weighted by molar-refractivity contribution is -0.146. The van der Waals surface area contributed by atoms with Crippen molar-refractivity contribution in [3.63, 3.8) is 0 Å². The molecule has 0 N–H and O–H groups in total. The van der Waals surface area contributed by atoms with Gasteiger partial charge in [-0.2, -0.15) is 0 Å². The fourth-order valence-corrected chi connectivity index (χ4v) is 4.93. The average Bonchev–Trinajstić information content (AvgIpc) is 3.24. The number of nitrogens with zero attached hydrogens (tertiary/aromatic N) is 2. The summed E-state index contributed by atoms with van der Waals surface area (Å²) in [4.78, 5) is 31.2. The number of carbonyl (C=O) groups excluding carboxylic acids is 2. The van der Waals surface area contributed by atoms with Gasteiger partial charge in [0, 0.05) is 23.4 Å². The van der Waals surface area contributed by atoms with Crippen molar-refractivity contribution in [1.29, 1.82) is 0 Å². The maximum atomic E-state index is 13.5. The number of thiophene rings is 1. The van der Waals surface area contributed by atoms with Crippen molar-refractivity contribution in [1.82, 2.24) is 9.80 Å². The molecule has 6 heteroatoms. The SMILES string of the molecule is CC[C@@H](C)N(CC(=O)N1CCc2sccc2[C@H]1COc1ccccc1C)C(=O)C(C)C. The van der Waals surface area contributed by atoms with Gasteiger partial charge in [0.2, 0.25) is 11.8 Å². The number of para-hydroxylation sites is 1. The molecular weight excluding hydrogens is 408 g/mol. The van der Waals surface area contributed by atoms with Crippen LogP contribution >= 0.6 is 11.3 Å². The molecule has 2 atom stereocenters. The molecule has 0 saturated heterocycles. The largest absolute Gasteiger partial charge is 0.491 e. The first kappa shape index (κ1) is 23.3. The van der Waals surface area contributed by atoms with Crippen LogP contribution in [0.1, 0.15) is 56.2 Å². The summed E-state index contributed by atoms with van der Waals surface area (Å²) in [5, 5.41) is 2.09. The van der Waals surface area contributed by atoms with Gasteiger partial charge >= 0.3 is 0 Å². The quantitative estimate of drug-likeness (QED) is 0.588. The first-order valence-corrected chi connectivity index (χ1v) is 12.1. The minimum atomic E-state index is -0.143. The van der Waals surface area contributed by atoms with E-state index in [1.54, 1.807) is 16.2 Å². The molecule has 0 spiro atoms.